The van der Waals surface area contributed by atoms with Gasteiger partial charge < -0.3 is 24.3 Å². The molecule has 0 aromatic heterocycles. The summed E-state index contributed by atoms with van der Waals surface area (Å²) in [5.74, 6) is 0.875. The molecule has 0 bridgehead atoms. The number of carbonyl (C=O) groups excluding carboxylic acids is 3. The molecule has 2 aromatic carbocycles. The lowest BCUT2D eigenvalue weighted by Gasteiger charge is -2.13. The van der Waals surface area contributed by atoms with Gasteiger partial charge in [-0.2, -0.15) is 0 Å². The third-order valence-electron chi connectivity index (χ3n) is 4.61. The van der Waals surface area contributed by atoms with E-state index in [-0.39, 0.29) is 4.91 Å². The minimum Gasteiger partial charge on any atom is -0.494 e. The Hall–Kier alpha value is -3.66. The first-order valence-electron chi connectivity index (χ1n) is 9.98. The number of carbonyl (C=O) groups is 3. The maximum atomic E-state index is 12.8. The van der Waals surface area contributed by atoms with Crippen molar-refractivity contribution in [3.63, 3.8) is 0 Å². The van der Waals surface area contributed by atoms with E-state index in [9.17, 15) is 14.4 Å². The Bertz CT molecular complexity index is 1060. The number of rotatable bonds is 9. The lowest BCUT2D eigenvalue weighted by atomic mass is 10.1. The number of nitrogens with zero attached hydrogens (tertiary/aromatic N) is 1. The molecule has 10 heteroatoms. The minimum atomic E-state index is -0.555. The molecule has 0 radical (unpaired) electrons. The molecule has 1 N–H and O–H groups in total. The van der Waals surface area contributed by atoms with Crippen molar-refractivity contribution in [1.82, 2.24) is 4.90 Å². The Morgan fingerprint density at radius 3 is 2.21 bits per heavy atom. The van der Waals surface area contributed by atoms with Gasteiger partial charge in [0.15, 0.2) is 11.5 Å². The third-order valence-corrected chi connectivity index (χ3v) is 5.52. The fraction of sp³-hybridized carbons (Fsp3) is 0.261. The van der Waals surface area contributed by atoms with Crippen LogP contribution in [0.15, 0.2) is 41.3 Å². The maximum Gasteiger partial charge on any atom is 0.294 e. The predicted octanol–water partition coefficient (Wildman–Crippen LogP) is 3.79. The second-order valence-corrected chi connectivity index (χ2v) is 7.73. The molecule has 0 saturated carbocycles. The number of imide groups is 1. The number of anilines is 1. The van der Waals surface area contributed by atoms with E-state index in [4.69, 9.17) is 18.9 Å². The second-order valence-electron chi connectivity index (χ2n) is 6.73. The Balaban J connectivity index is 1.72. The number of benzene rings is 2. The van der Waals surface area contributed by atoms with Gasteiger partial charge in [0.25, 0.3) is 11.1 Å². The van der Waals surface area contributed by atoms with Crippen molar-refractivity contribution >= 4 is 40.6 Å². The van der Waals surface area contributed by atoms with Gasteiger partial charge in [0.1, 0.15) is 12.3 Å². The molecule has 1 heterocycles. The van der Waals surface area contributed by atoms with Crippen molar-refractivity contribution in [3.8, 4) is 23.0 Å². The van der Waals surface area contributed by atoms with E-state index in [0.717, 1.165) is 16.7 Å². The average Bonchev–Trinajstić information content (AvgIpc) is 3.07. The van der Waals surface area contributed by atoms with Crippen LogP contribution in [-0.2, 0) is 9.59 Å². The van der Waals surface area contributed by atoms with E-state index >= 15 is 0 Å². The zero-order valence-electron chi connectivity index (χ0n) is 18.7. The summed E-state index contributed by atoms with van der Waals surface area (Å²) >= 11 is 0.758. The number of hydrogen-bond donors (Lipinski definition) is 1. The van der Waals surface area contributed by atoms with Crippen molar-refractivity contribution in [3.05, 3.63) is 46.9 Å². The molecule has 2 aromatic rings. The van der Waals surface area contributed by atoms with Crippen LogP contribution >= 0.6 is 11.8 Å². The van der Waals surface area contributed by atoms with Gasteiger partial charge in [-0.15, -0.1) is 0 Å². The highest BCUT2D eigenvalue weighted by molar-refractivity contribution is 8.18. The number of nitrogens with one attached hydrogen (secondary N) is 1. The van der Waals surface area contributed by atoms with Crippen LogP contribution in [0.4, 0.5) is 10.5 Å². The summed E-state index contributed by atoms with van der Waals surface area (Å²) in [7, 11) is 4.46. The standard InChI is InChI=1S/C23H24N2O7S/c1-5-32-16-8-6-15(7-9-16)24-20(26)13-25-22(27)19(33-23(25)28)12-14-10-17(29-2)21(31-4)18(11-14)30-3/h6-12H,5,13H2,1-4H3,(H,24,26)/b19-12+. The highest BCUT2D eigenvalue weighted by Gasteiger charge is 2.36. The highest BCUT2D eigenvalue weighted by atomic mass is 32.2. The Morgan fingerprint density at radius 1 is 1.03 bits per heavy atom. The summed E-state index contributed by atoms with van der Waals surface area (Å²) in [4.78, 5) is 38.7. The molecular weight excluding hydrogens is 448 g/mol. The van der Waals surface area contributed by atoms with Gasteiger partial charge in [-0.05, 0) is 66.7 Å². The van der Waals surface area contributed by atoms with Crippen LogP contribution in [-0.4, -0.2) is 56.4 Å². The lowest BCUT2D eigenvalue weighted by Crippen LogP contribution is -2.36. The summed E-state index contributed by atoms with van der Waals surface area (Å²) in [5.41, 5.74) is 1.11. The van der Waals surface area contributed by atoms with Crippen molar-refractivity contribution in [1.29, 1.82) is 0 Å². The van der Waals surface area contributed by atoms with Crippen LogP contribution in [0.1, 0.15) is 12.5 Å². The molecule has 1 aliphatic rings. The van der Waals surface area contributed by atoms with Crippen molar-refractivity contribution in [2.45, 2.75) is 6.92 Å². The van der Waals surface area contributed by atoms with Crippen LogP contribution < -0.4 is 24.3 Å². The molecule has 3 amide bonds. The molecule has 0 unspecified atom stereocenters. The smallest absolute Gasteiger partial charge is 0.294 e. The first kappa shape index (κ1) is 24.0. The summed E-state index contributed by atoms with van der Waals surface area (Å²) in [5, 5.41) is 2.14. The highest BCUT2D eigenvalue weighted by Crippen LogP contribution is 2.40. The Kier molecular flexibility index (Phi) is 7.83. The van der Waals surface area contributed by atoms with Gasteiger partial charge in [-0.3, -0.25) is 19.3 Å². The van der Waals surface area contributed by atoms with Gasteiger partial charge in [-0.25, -0.2) is 0 Å². The van der Waals surface area contributed by atoms with E-state index < -0.39 is 23.6 Å². The monoisotopic (exact) mass is 472 g/mol. The molecule has 174 valence electrons. The van der Waals surface area contributed by atoms with Crippen LogP contribution in [0.25, 0.3) is 6.08 Å². The Labute approximate surface area is 195 Å². The first-order chi connectivity index (χ1) is 15.9. The molecule has 1 saturated heterocycles. The average molecular weight is 473 g/mol. The van der Waals surface area contributed by atoms with E-state index in [1.807, 2.05) is 6.92 Å². The van der Waals surface area contributed by atoms with Crippen LogP contribution in [0.2, 0.25) is 0 Å². The molecular formula is C23H24N2O7S. The van der Waals surface area contributed by atoms with Crippen LogP contribution in [0, 0.1) is 0 Å². The topological polar surface area (TPSA) is 103 Å². The zero-order chi connectivity index (χ0) is 24.0. The molecule has 1 aliphatic heterocycles. The zero-order valence-corrected chi connectivity index (χ0v) is 19.5. The summed E-state index contributed by atoms with van der Waals surface area (Å²) in [6.45, 7) is 2.01. The van der Waals surface area contributed by atoms with Crippen LogP contribution in [0.5, 0.6) is 23.0 Å². The predicted molar refractivity (Wildman–Crippen MR) is 125 cm³/mol. The molecule has 1 fully saturated rings. The minimum absolute atomic E-state index is 0.183. The SMILES string of the molecule is CCOc1ccc(NC(=O)CN2C(=O)S/C(=C/c3cc(OC)c(OC)c(OC)c3)C2=O)cc1. The van der Waals surface area contributed by atoms with Gasteiger partial charge in [0, 0.05) is 5.69 Å². The maximum absolute atomic E-state index is 12.8. The van der Waals surface area contributed by atoms with E-state index in [1.54, 1.807) is 42.5 Å². The normalized spacial score (nSPS) is 14.4. The number of ether oxygens (including phenoxy) is 4. The van der Waals surface area contributed by atoms with E-state index in [1.165, 1.54) is 21.3 Å². The quantitative estimate of drug-likeness (QED) is 0.550. The Morgan fingerprint density at radius 2 is 1.67 bits per heavy atom. The van der Waals surface area contributed by atoms with E-state index in [0.29, 0.717) is 40.9 Å². The summed E-state index contributed by atoms with van der Waals surface area (Å²) in [6, 6.07) is 10.1. The third kappa shape index (κ3) is 5.58. The fourth-order valence-electron chi connectivity index (χ4n) is 3.12. The van der Waals surface area contributed by atoms with Crippen molar-refractivity contribution < 1.29 is 33.3 Å². The van der Waals surface area contributed by atoms with Gasteiger partial charge in [0.2, 0.25) is 11.7 Å². The molecule has 0 spiro atoms. The number of thioether (sulfide) groups is 1. The molecule has 9 nitrogen and oxygen atoms in total. The first-order valence-corrected chi connectivity index (χ1v) is 10.8. The molecule has 33 heavy (non-hydrogen) atoms. The fourth-order valence-corrected chi connectivity index (χ4v) is 3.96. The van der Waals surface area contributed by atoms with Gasteiger partial charge >= 0.3 is 0 Å². The lowest BCUT2D eigenvalue weighted by molar-refractivity contribution is -0.127. The van der Waals surface area contributed by atoms with Gasteiger partial charge in [0.05, 0.1) is 32.8 Å². The van der Waals surface area contributed by atoms with Gasteiger partial charge in [-0.1, -0.05) is 0 Å². The van der Waals surface area contributed by atoms with Crippen molar-refractivity contribution in [2.75, 3.05) is 39.8 Å². The number of hydrogen-bond acceptors (Lipinski definition) is 8. The second kappa shape index (κ2) is 10.8. The van der Waals surface area contributed by atoms with Crippen molar-refractivity contribution in [2.24, 2.45) is 0 Å². The van der Waals surface area contributed by atoms with Crippen LogP contribution in [0.3, 0.4) is 0 Å². The largest absolute Gasteiger partial charge is 0.494 e. The summed E-state index contributed by atoms with van der Waals surface area (Å²) < 4.78 is 21.3. The number of methoxy groups -OCH3 is 3. The molecule has 0 atom stereocenters. The molecule has 0 aliphatic carbocycles. The number of amides is 3. The molecule has 3 rings (SSSR count). The summed E-state index contributed by atoms with van der Waals surface area (Å²) in [6.07, 6.45) is 1.54. The van der Waals surface area contributed by atoms with E-state index in [2.05, 4.69) is 5.32 Å².